The molecule has 2 aromatic rings. The molecule has 0 radical (unpaired) electrons. The summed E-state index contributed by atoms with van der Waals surface area (Å²) in [6, 6.07) is 10.2. The van der Waals surface area contributed by atoms with E-state index in [4.69, 9.17) is 4.52 Å². The van der Waals surface area contributed by atoms with Crippen LogP contribution < -0.4 is 5.32 Å². The van der Waals surface area contributed by atoms with Crippen molar-refractivity contribution in [2.75, 3.05) is 6.54 Å². The van der Waals surface area contributed by atoms with Crippen LogP contribution in [0.1, 0.15) is 19.5 Å². The minimum atomic E-state index is 0.646. The van der Waals surface area contributed by atoms with Crippen LogP contribution in [0.2, 0.25) is 0 Å². The van der Waals surface area contributed by atoms with Crippen molar-refractivity contribution in [3.63, 3.8) is 0 Å². The van der Waals surface area contributed by atoms with Gasteiger partial charge in [0.1, 0.15) is 0 Å². The number of halogens is 1. The highest BCUT2D eigenvalue weighted by Crippen LogP contribution is 2.21. The molecule has 1 N–H and O–H groups in total. The minimum Gasteiger partial charge on any atom is -0.356 e. The van der Waals surface area contributed by atoms with Gasteiger partial charge in [0.25, 0.3) is 0 Å². The lowest BCUT2D eigenvalue weighted by Crippen LogP contribution is -2.18. The molecular weight excluding hydrogens is 339 g/mol. The summed E-state index contributed by atoms with van der Waals surface area (Å²) in [6.45, 7) is 6.12. The average Bonchev–Trinajstić information content (AvgIpc) is 2.78. The molecule has 1 aromatic heterocycles. The molecule has 1 aromatic carbocycles. The van der Waals surface area contributed by atoms with Crippen LogP contribution in [-0.4, -0.2) is 11.7 Å². The van der Waals surface area contributed by atoms with Crippen LogP contribution in [-0.2, 0) is 6.54 Å². The summed E-state index contributed by atoms with van der Waals surface area (Å²) in [5.74, 6) is 1.47. The summed E-state index contributed by atoms with van der Waals surface area (Å²) in [5.41, 5.74) is 2.02. The largest absolute Gasteiger partial charge is 0.356 e. The van der Waals surface area contributed by atoms with E-state index in [2.05, 4.69) is 59.0 Å². The van der Waals surface area contributed by atoms with E-state index in [1.807, 2.05) is 18.2 Å². The smallest absolute Gasteiger partial charge is 0.167 e. The van der Waals surface area contributed by atoms with Crippen molar-refractivity contribution in [2.45, 2.75) is 20.4 Å². The maximum Gasteiger partial charge on any atom is 0.167 e. The average molecular weight is 356 g/mol. The van der Waals surface area contributed by atoms with Crippen LogP contribution in [0.25, 0.3) is 11.3 Å². The molecule has 0 spiro atoms. The number of hydrogen-bond donors (Lipinski definition) is 1. The van der Waals surface area contributed by atoms with Gasteiger partial charge in [0.05, 0.1) is 5.69 Å². The van der Waals surface area contributed by atoms with E-state index in [1.54, 1.807) is 0 Å². The first kappa shape index (κ1) is 13.5. The van der Waals surface area contributed by atoms with Gasteiger partial charge in [0, 0.05) is 21.7 Å². The molecule has 0 unspecified atom stereocenters. The molecule has 0 atom stereocenters. The number of nitrogens with zero attached hydrogens (tertiary/aromatic N) is 1. The van der Waals surface area contributed by atoms with Crippen molar-refractivity contribution in [3.05, 3.63) is 39.6 Å². The lowest BCUT2D eigenvalue weighted by molar-refractivity contribution is 0.418. The molecular formula is C14H17IN2O. The second-order valence-electron chi connectivity index (χ2n) is 4.71. The third kappa shape index (κ3) is 3.81. The summed E-state index contributed by atoms with van der Waals surface area (Å²) in [4.78, 5) is 0. The van der Waals surface area contributed by atoms with E-state index >= 15 is 0 Å². The summed E-state index contributed by atoms with van der Waals surface area (Å²) >= 11 is 2.29. The molecule has 18 heavy (non-hydrogen) atoms. The van der Waals surface area contributed by atoms with Gasteiger partial charge in [0.15, 0.2) is 5.76 Å². The van der Waals surface area contributed by atoms with Crippen molar-refractivity contribution >= 4 is 22.6 Å². The predicted octanol–water partition coefficient (Wildman–Crippen LogP) is 3.69. The summed E-state index contributed by atoms with van der Waals surface area (Å²) in [7, 11) is 0. The molecule has 0 amide bonds. The molecule has 4 heteroatoms. The van der Waals surface area contributed by atoms with E-state index in [0.29, 0.717) is 5.92 Å². The van der Waals surface area contributed by atoms with E-state index in [9.17, 15) is 0 Å². The Bertz CT molecular complexity index is 491. The first-order valence-electron chi connectivity index (χ1n) is 6.07. The van der Waals surface area contributed by atoms with Crippen molar-refractivity contribution < 1.29 is 4.52 Å². The van der Waals surface area contributed by atoms with Crippen LogP contribution in [0.3, 0.4) is 0 Å². The van der Waals surface area contributed by atoms with Crippen LogP contribution in [0.4, 0.5) is 0 Å². The summed E-state index contributed by atoms with van der Waals surface area (Å²) in [5, 5.41) is 7.42. The van der Waals surface area contributed by atoms with Crippen LogP contribution >= 0.6 is 22.6 Å². The highest BCUT2D eigenvalue weighted by molar-refractivity contribution is 14.1. The van der Waals surface area contributed by atoms with Gasteiger partial charge < -0.3 is 9.84 Å². The normalized spacial score (nSPS) is 11.1. The zero-order valence-electron chi connectivity index (χ0n) is 10.6. The quantitative estimate of drug-likeness (QED) is 0.831. The number of hydrogen-bond acceptors (Lipinski definition) is 3. The fourth-order valence-electron chi connectivity index (χ4n) is 1.63. The second-order valence-corrected chi connectivity index (χ2v) is 5.96. The lowest BCUT2D eigenvalue weighted by Gasteiger charge is -2.04. The van der Waals surface area contributed by atoms with E-state index in [1.165, 1.54) is 3.57 Å². The van der Waals surface area contributed by atoms with Gasteiger partial charge in [-0.15, -0.1) is 0 Å². The Labute approximate surface area is 121 Å². The first-order chi connectivity index (χ1) is 8.65. The number of benzene rings is 1. The Balaban J connectivity index is 1.99. The third-order valence-electron chi connectivity index (χ3n) is 2.55. The summed E-state index contributed by atoms with van der Waals surface area (Å²) in [6.07, 6.45) is 0. The van der Waals surface area contributed by atoms with E-state index < -0.39 is 0 Å². The highest BCUT2D eigenvalue weighted by Gasteiger charge is 2.06. The molecule has 1 heterocycles. The maximum absolute atomic E-state index is 5.36. The third-order valence-corrected chi connectivity index (χ3v) is 3.27. The van der Waals surface area contributed by atoms with Gasteiger partial charge >= 0.3 is 0 Å². The maximum atomic E-state index is 5.36. The molecule has 0 saturated carbocycles. The topological polar surface area (TPSA) is 38.1 Å². The first-order valence-corrected chi connectivity index (χ1v) is 7.15. The Morgan fingerprint density at radius 1 is 1.28 bits per heavy atom. The molecule has 0 aliphatic rings. The SMILES string of the molecule is CC(C)CNCc1cc(-c2ccc(I)cc2)on1. The standard InChI is InChI=1S/C14H17IN2O/c1-10(2)8-16-9-13-7-14(18-17-13)11-3-5-12(15)6-4-11/h3-7,10,16H,8-9H2,1-2H3. The Kier molecular flexibility index (Phi) is 4.77. The predicted molar refractivity (Wildman–Crippen MR) is 81.2 cm³/mol. The van der Waals surface area contributed by atoms with Crippen molar-refractivity contribution in [1.82, 2.24) is 10.5 Å². The number of rotatable bonds is 5. The highest BCUT2D eigenvalue weighted by atomic mass is 127. The van der Waals surface area contributed by atoms with Gasteiger partial charge in [-0.25, -0.2) is 0 Å². The molecule has 0 aliphatic heterocycles. The van der Waals surface area contributed by atoms with Crippen molar-refractivity contribution in [2.24, 2.45) is 5.92 Å². The molecule has 0 bridgehead atoms. The van der Waals surface area contributed by atoms with Crippen molar-refractivity contribution in [3.8, 4) is 11.3 Å². The summed E-state index contributed by atoms with van der Waals surface area (Å²) < 4.78 is 6.57. The number of aromatic nitrogens is 1. The fraction of sp³-hybridized carbons (Fsp3) is 0.357. The molecule has 96 valence electrons. The molecule has 2 rings (SSSR count). The van der Waals surface area contributed by atoms with Gasteiger partial charge in [-0.05, 0) is 47.2 Å². The monoisotopic (exact) mass is 356 g/mol. The second kappa shape index (κ2) is 6.33. The van der Waals surface area contributed by atoms with Gasteiger partial charge in [0.2, 0.25) is 0 Å². The van der Waals surface area contributed by atoms with Crippen LogP contribution in [0, 0.1) is 9.49 Å². The number of nitrogens with one attached hydrogen (secondary N) is 1. The van der Waals surface area contributed by atoms with Crippen LogP contribution in [0.15, 0.2) is 34.9 Å². The van der Waals surface area contributed by atoms with E-state index in [-0.39, 0.29) is 0 Å². The zero-order chi connectivity index (χ0) is 13.0. The fourth-order valence-corrected chi connectivity index (χ4v) is 1.99. The van der Waals surface area contributed by atoms with Gasteiger partial charge in [-0.3, -0.25) is 0 Å². The minimum absolute atomic E-state index is 0.646. The van der Waals surface area contributed by atoms with Gasteiger partial charge in [-0.1, -0.05) is 31.1 Å². The molecule has 0 fully saturated rings. The van der Waals surface area contributed by atoms with Crippen LogP contribution in [0.5, 0.6) is 0 Å². The molecule has 0 saturated heterocycles. The zero-order valence-corrected chi connectivity index (χ0v) is 12.8. The van der Waals surface area contributed by atoms with E-state index in [0.717, 1.165) is 30.1 Å². The van der Waals surface area contributed by atoms with Crippen molar-refractivity contribution in [1.29, 1.82) is 0 Å². The molecule has 0 aliphatic carbocycles. The van der Waals surface area contributed by atoms with Gasteiger partial charge in [-0.2, -0.15) is 0 Å². The Morgan fingerprint density at radius 3 is 2.67 bits per heavy atom. The Hall–Kier alpha value is -0.880. The molecule has 3 nitrogen and oxygen atoms in total. The Morgan fingerprint density at radius 2 is 2.00 bits per heavy atom. The lowest BCUT2D eigenvalue weighted by atomic mass is 10.1.